The number of pyridine rings is 1. The van der Waals surface area contributed by atoms with E-state index >= 15 is 0 Å². The van der Waals surface area contributed by atoms with Crippen LogP contribution in [0.2, 0.25) is 5.02 Å². The summed E-state index contributed by atoms with van der Waals surface area (Å²) in [5, 5.41) is 22.2. The topological polar surface area (TPSA) is 146 Å². The highest BCUT2D eigenvalue weighted by Crippen LogP contribution is 2.42. The molecule has 0 saturated heterocycles. The molecule has 2 aromatic carbocycles. The van der Waals surface area contributed by atoms with E-state index in [0.717, 1.165) is 4.57 Å². The van der Waals surface area contributed by atoms with Gasteiger partial charge in [0.25, 0.3) is 11.5 Å². The Balaban J connectivity index is 1.68. The van der Waals surface area contributed by atoms with Crippen molar-refractivity contribution in [3.63, 3.8) is 0 Å². The van der Waals surface area contributed by atoms with Crippen LogP contribution in [-0.4, -0.2) is 25.0 Å². The van der Waals surface area contributed by atoms with E-state index < -0.39 is 28.8 Å². The molecular weight excluding hydrogens is 530 g/mol. The number of amides is 1. The average Bonchev–Trinajstić information content (AvgIpc) is 3.52. The largest absolute Gasteiger partial charge is 0.386 e. The van der Waals surface area contributed by atoms with Gasteiger partial charge in [-0.15, -0.1) is 0 Å². The first kappa shape index (κ1) is 25.4. The van der Waals surface area contributed by atoms with Gasteiger partial charge in [-0.25, -0.2) is 9.36 Å². The van der Waals surface area contributed by atoms with Gasteiger partial charge >= 0.3 is 5.69 Å². The Kier molecular flexibility index (Phi) is 5.59. The predicted octanol–water partition coefficient (Wildman–Crippen LogP) is 4.14. The van der Waals surface area contributed by atoms with Gasteiger partial charge in [0.1, 0.15) is 0 Å². The summed E-state index contributed by atoms with van der Waals surface area (Å²) < 4.78 is 2.41. The van der Waals surface area contributed by atoms with Crippen molar-refractivity contribution in [1.29, 1.82) is 5.26 Å². The van der Waals surface area contributed by atoms with Crippen LogP contribution in [0.3, 0.4) is 0 Å². The number of primary amides is 1. The van der Waals surface area contributed by atoms with Gasteiger partial charge in [0.15, 0.2) is 0 Å². The molecule has 3 aromatic heterocycles. The third-order valence-corrected chi connectivity index (χ3v) is 7.63. The second-order valence-electron chi connectivity index (χ2n) is 10.2. The highest BCUT2D eigenvalue weighted by Gasteiger charge is 2.29. The molecule has 10 heteroatoms. The number of aliphatic hydroxyl groups is 1. The minimum Gasteiger partial charge on any atom is -0.386 e. The number of fused-ring (bicyclic) bond motifs is 4. The molecule has 0 saturated carbocycles. The zero-order chi connectivity index (χ0) is 28.5. The van der Waals surface area contributed by atoms with Crippen molar-refractivity contribution < 1.29 is 9.90 Å². The summed E-state index contributed by atoms with van der Waals surface area (Å²) >= 11 is 6.24. The maximum atomic E-state index is 13.6. The molecule has 3 heterocycles. The Morgan fingerprint density at radius 1 is 1.20 bits per heavy atom. The van der Waals surface area contributed by atoms with Crippen molar-refractivity contribution in [2.24, 2.45) is 5.73 Å². The number of aromatic amines is 1. The maximum absolute atomic E-state index is 13.6. The van der Waals surface area contributed by atoms with Crippen molar-refractivity contribution in [2.75, 3.05) is 0 Å². The van der Waals surface area contributed by atoms with E-state index in [1.165, 1.54) is 22.7 Å². The van der Waals surface area contributed by atoms with E-state index in [2.05, 4.69) is 11.1 Å². The minimum absolute atomic E-state index is 0.122. The Bertz CT molecular complexity index is 2150. The number of benzene rings is 2. The number of rotatable bonds is 4. The fourth-order valence-corrected chi connectivity index (χ4v) is 5.64. The summed E-state index contributed by atoms with van der Waals surface area (Å²) in [5.74, 6) is -0.724. The zero-order valence-electron chi connectivity index (χ0n) is 21.4. The molecule has 0 aliphatic heterocycles. The molecule has 1 unspecified atom stereocenters. The summed E-state index contributed by atoms with van der Waals surface area (Å²) in [6.45, 7) is 3.33. The van der Waals surface area contributed by atoms with Crippen molar-refractivity contribution in [2.45, 2.75) is 25.5 Å². The van der Waals surface area contributed by atoms with Crippen molar-refractivity contribution in [3.05, 3.63) is 115 Å². The summed E-state index contributed by atoms with van der Waals surface area (Å²) in [6, 6.07) is 12.6. The van der Waals surface area contributed by atoms with E-state index in [-0.39, 0.29) is 21.7 Å². The maximum Gasteiger partial charge on any atom is 0.336 e. The highest BCUT2D eigenvalue weighted by molar-refractivity contribution is 6.33. The van der Waals surface area contributed by atoms with Crippen LogP contribution < -0.4 is 17.0 Å². The van der Waals surface area contributed by atoms with Crippen LogP contribution in [0.15, 0.2) is 76.5 Å². The molecule has 40 heavy (non-hydrogen) atoms. The summed E-state index contributed by atoms with van der Waals surface area (Å²) in [6.07, 6.45) is 6.69. The van der Waals surface area contributed by atoms with Crippen LogP contribution in [-0.2, 0) is 5.60 Å². The molecular formula is C30H22ClN5O4. The molecule has 4 N–H and O–H groups in total. The predicted molar refractivity (Wildman–Crippen MR) is 153 cm³/mol. The van der Waals surface area contributed by atoms with Crippen LogP contribution in [0.25, 0.3) is 32.9 Å². The fraction of sp³-hybridized carbons (Fsp3) is 0.133. The molecule has 0 radical (unpaired) electrons. The first-order chi connectivity index (χ1) is 19.0. The normalized spacial score (nSPS) is 15.2. The van der Waals surface area contributed by atoms with Crippen LogP contribution in [0.1, 0.15) is 46.9 Å². The number of nitrogens with two attached hydrogens (primary N) is 1. The second kappa shape index (κ2) is 8.81. The SMILES string of the molecule is CC(C)(O)c1ccc2c(c1)[nH]c1c(C(N)=O)cc(C#N)c(C3=CC=CC3n3c(=O)cc4c(Cl)cccn4c3=O)c12. The third-order valence-electron chi connectivity index (χ3n) is 7.31. The summed E-state index contributed by atoms with van der Waals surface area (Å²) in [4.78, 5) is 42.6. The highest BCUT2D eigenvalue weighted by atomic mass is 35.5. The number of nitrogens with zero attached hydrogens (tertiary/aromatic N) is 3. The van der Waals surface area contributed by atoms with Gasteiger partial charge in [-0.2, -0.15) is 5.26 Å². The molecule has 5 aromatic rings. The standard InChI is InChI=1S/C30H22ClN5O4/c1-30(2,40)16-8-9-17-21(12-16)34-27-19(28(33)38)11-15(14-32)25(26(17)27)18-5-3-7-22(18)36-24(37)13-23-20(31)6-4-10-35(23)29(36)39/h3-13,22,34,40H,1-2H3,(H2,33,38). The number of hydrogen-bond donors (Lipinski definition) is 3. The number of hydrogen-bond acceptors (Lipinski definition) is 5. The number of H-pyrrole nitrogens is 1. The number of allylic oxidation sites excluding steroid dienone is 4. The van der Waals surface area contributed by atoms with Crippen LogP contribution in [0, 0.1) is 11.3 Å². The van der Waals surface area contributed by atoms with E-state index in [1.54, 1.807) is 62.4 Å². The molecule has 1 atom stereocenters. The van der Waals surface area contributed by atoms with Crippen LogP contribution >= 0.6 is 11.6 Å². The van der Waals surface area contributed by atoms with Gasteiger partial charge in [-0.3, -0.25) is 14.0 Å². The average molecular weight is 552 g/mol. The van der Waals surface area contributed by atoms with Gasteiger partial charge in [-0.1, -0.05) is 42.0 Å². The van der Waals surface area contributed by atoms with E-state index in [9.17, 15) is 24.8 Å². The Hall–Kier alpha value is -4.91. The van der Waals surface area contributed by atoms with Gasteiger partial charge in [0, 0.05) is 34.1 Å². The molecule has 1 aliphatic rings. The molecule has 0 spiro atoms. The first-order valence-electron chi connectivity index (χ1n) is 12.4. The minimum atomic E-state index is -1.12. The van der Waals surface area contributed by atoms with Crippen molar-refractivity contribution >= 4 is 50.4 Å². The van der Waals surface area contributed by atoms with Crippen LogP contribution in [0.5, 0.6) is 0 Å². The van der Waals surface area contributed by atoms with E-state index in [4.69, 9.17) is 17.3 Å². The molecule has 0 fully saturated rings. The molecule has 6 rings (SSSR count). The van der Waals surface area contributed by atoms with Crippen LogP contribution in [0.4, 0.5) is 0 Å². The fourth-order valence-electron chi connectivity index (χ4n) is 5.42. The van der Waals surface area contributed by atoms with E-state index in [1.807, 2.05) is 0 Å². The third kappa shape index (κ3) is 3.69. The van der Waals surface area contributed by atoms with Crippen molar-refractivity contribution in [1.82, 2.24) is 14.0 Å². The first-order valence-corrected chi connectivity index (χ1v) is 12.8. The number of carbonyl (C=O) groups excluding carboxylic acids is 1. The van der Waals surface area contributed by atoms with E-state index in [0.29, 0.717) is 38.5 Å². The van der Waals surface area contributed by atoms with Gasteiger partial charge in [0.2, 0.25) is 0 Å². The Morgan fingerprint density at radius 3 is 2.67 bits per heavy atom. The number of nitriles is 1. The zero-order valence-corrected chi connectivity index (χ0v) is 22.2. The Labute approximate surface area is 231 Å². The quantitative estimate of drug-likeness (QED) is 0.307. The second-order valence-corrected chi connectivity index (χ2v) is 10.6. The molecule has 1 amide bonds. The molecule has 198 valence electrons. The Morgan fingerprint density at radius 2 is 1.98 bits per heavy atom. The lowest BCUT2D eigenvalue weighted by molar-refractivity contribution is 0.0787. The number of aromatic nitrogens is 3. The number of nitrogens with one attached hydrogen (secondary N) is 1. The lowest BCUT2D eigenvalue weighted by atomic mass is 9.89. The van der Waals surface area contributed by atoms with Gasteiger partial charge < -0.3 is 15.8 Å². The molecule has 1 aliphatic carbocycles. The summed E-state index contributed by atoms with van der Waals surface area (Å²) in [7, 11) is 0. The number of halogens is 1. The van der Waals surface area contributed by atoms with Gasteiger partial charge in [0.05, 0.1) is 44.9 Å². The molecule has 9 nitrogen and oxygen atoms in total. The smallest absolute Gasteiger partial charge is 0.336 e. The molecule has 0 bridgehead atoms. The monoisotopic (exact) mass is 551 g/mol. The lowest BCUT2D eigenvalue weighted by Crippen LogP contribution is -2.39. The van der Waals surface area contributed by atoms with Crippen molar-refractivity contribution in [3.8, 4) is 6.07 Å². The van der Waals surface area contributed by atoms with Gasteiger partial charge in [-0.05, 0) is 49.2 Å². The summed E-state index contributed by atoms with van der Waals surface area (Å²) in [5.41, 5.74) is 6.66. The lowest BCUT2D eigenvalue weighted by Gasteiger charge is -2.20. The number of carbonyl (C=O) groups is 1.